The van der Waals surface area contributed by atoms with Gasteiger partial charge in [-0.1, -0.05) is 6.07 Å². The van der Waals surface area contributed by atoms with Crippen LogP contribution in [0.15, 0.2) is 18.2 Å². The summed E-state index contributed by atoms with van der Waals surface area (Å²) in [5.41, 5.74) is 5.29. The average Bonchev–Trinajstić information content (AvgIpc) is 2.55. The zero-order chi connectivity index (χ0) is 12.6. The molecule has 0 saturated carbocycles. The SMILES string of the molecule is CC(N)CC1Cc2c(cccc2C(F)(F)F)O1. The van der Waals surface area contributed by atoms with Crippen molar-refractivity contribution < 1.29 is 17.9 Å². The Morgan fingerprint density at radius 1 is 1.47 bits per heavy atom. The average molecular weight is 245 g/mol. The van der Waals surface area contributed by atoms with Gasteiger partial charge in [-0.15, -0.1) is 0 Å². The van der Waals surface area contributed by atoms with E-state index in [0.717, 1.165) is 6.07 Å². The van der Waals surface area contributed by atoms with Crippen LogP contribution in [0.2, 0.25) is 0 Å². The van der Waals surface area contributed by atoms with Crippen molar-refractivity contribution in [1.82, 2.24) is 0 Å². The van der Waals surface area contributed by atoms with Crippen molar-refractivity contribution in [3.8, 4) is 5.75 Å². The highest BCUT2D eigenvalue weighted by Gasteiger charge is 2.37. The molecule has 1 aliphatic rings. The van der Waals surface area contributed by atoms with Crippen molar-refractivity contribution in [3.05, 3.63) is 29.3 Å². The standard InChI is InChI=1S/C12H14F3NO/c1-7(16)5-8-6-9-10(12(13,14)15)3-2-4-11(9)17-8/h2-4,7-8H,5-6,16H2,1H3. The third-order valence-electron chi connectivity index (χ3n) is 2.80. The molecule has 0 fully saturated rings. The molecule has 0 saturated heterocycles. The van der Waals surface area contributed by atoms with Gasteiger partial charge in [0, 0.05) is 18.0 Å². The third kappa shape index (κ3) is 2.54. The van der Waals surface area contributed by atoms with E-state index in [1.165, 1.54) is 6.07 Å². The Labute approximate surface area is 97.6 Å². The largest absolute Gasteiger partial charge is 0.490 e. The van der Waals surface area contributed by atoms with Crippen LogP contribution >= 0.6 is 0 Å². The number of halogens is 3. The molecule has 0 radical (unpaired) electrons. The molecule has 2 rings (SSSR count). The van der Waals surface area contributed by atoms with E-state index in [9.17, 15) is 13.2 Å². The van der Waals surface area contributed by atoms with Crippen LogP contribution in [-0.2, 0) is 12.6 Å². The van der Waals surface area contributed by atoms with Gasteiger partial charge in [0.1, 0.15) is 11.9 Å². The van der Waals surface area contributed by atoms with Crippen LogP contribution < -0.4 is 10.5 Å². The van der Waals surface area contributed by atoms with Crippen LogP contribution in [0.1, 0.15) is 24.5 Å². The topological polar surface area (TPSA) is 35.2 Å². The van der Waals surface area contributed by atoms with Gasteiger partial charge in [0.25, 0.3) is 0 Å². The second-order valence-corrected chi connectivity index (χ2v) is 4.44. The molecule has 2 N–H and O–H groups in total. The van der Waals surface area contributed by atoms with Gasteiger partial charge in [-0.25, -0.2) is 0 Å². The summed E-state index contributed by atoms with van der Waals surface area (Å²) >= 11 is 0. The molecule has 94 valence electrons. The van der Waals surface area contributed by atoms with Crippen LogP contribution in [0.4, 0.5) is 13.2 Å². The molecule has 5 heteroatoms. The van der Waals surface area contributed by atoms with Crippen LogP contribution in [0, 0.1) is 0 Å². The number of fused-ring (bicyclic) bond motifs is 1. The van der Waals surface area contributed by atoms with E-state index in [-0.39, 0.29) is 24.1 Å². The molecule has 0 spiro atoms. The van der Waals surface area contributed by atoms with Gasteiger partial charge in [0.2, 0.25) is 0 Å². The van der Waals surface area contributed by atoms with Crippen molar-refractivity contribution in [3.63, 3.8) is 0 Å². The highest BCUT2D eigenvalue weighted by atomic mass is 19.4. The van der Waals surface area contributed by atoms with Gasteiger partial charge in [0.15, 0.2) is 0 Å². The van der Waals surface area contributed by atoms with Crippen LogP contribution in [0.3, 0.4) is 0 Å². The highest BCUT2D eigenvalue weighted by Crippen LogP contribution is 2.40. The summed E-state index contributed by atoms with van der Waals surface area (Å²) in [5, 5.41) is 0. The van der Waals surface area contributed by atoms with E-state index in [4.69, 9.17) is 10.5 Å². The minimum absolute atomic E-state index is 0.0800. The van der Waals surface area contributed by atoms with E-state index >= 15 is 0 Å². The fourth-order valence-corrected chi connectivity index (χ4v) is 2.15. The predicted octanol–water partition coefficient (Wildman–Crippen LogP) is 2.75. The smallest absolute Gasteiger partial charge is 0.416 e. The third-order valence-corrected chi connectivity index (χ3v) is 2.80. The lowest BCUT2D eigenvalue weighted by atomic mass is 10.0. The van der Waals surface area contributed by atoms with Gasteiger partial charge in [-0.3, -0.25) is 0 Å². The number of hydrogen-bond acceptors (Lipinski definition) is 2. The quantitative estimate of drug-likeness (QED) is 0.869. The fourth-order valence-electron chi connectivity index (χ4n) is 2.15. The van der Waals surface area contributed by atoms with Gasteiger partial charge < -0.3 is 10.5 Å². The second-order valence-electron chi connectivity index (χ2n) is 4.44. The summed E-state index contributed by atoms with van der Waals surface area (Å²) < 4.78 is 43.7. The first-order valence-corrected chi connectivity index (χ1v) is 5.49. The van der Waals surface area contributed by atoms with E-state index in [1.54, 1.807) is 6.07 Å². The summed E-state index contributed by atoms with van der Waals surface area (Å²) in [6.45, 7) is 1.82. The van der Waals surface area contributed by atoms with Crippen LogP contribution in [0.5, 0.6) is 5.75 Å². The maximum atomic E-state index is 12.8. The molecule has 2 nitrogen and oxygen atoms in total. The van der Waals surface area contributed by atoms with Gasteiger partial charge >= 0.3 is 6.18 Å². The van der Waals surface area contributed by atoms with E-state index in [2.05, 4.69) is 0 Å². The molecule has 1 aliphatic heterocycles. The van der Waals surface area contributed by atoms with Crippen LogP contribution in [-0.4, -0.2) is 12.1 Å². The summed E-state index contributed by atoms with van der Waals surface area (Å²) in [7, 11) is 0. The summed E-state index contributed by atoms with van der Waals surface area (Å²) in [4.78, 5) is 0. The van der Waals surface area contributed by atoms with E-state index in [1.807, 2.05) is 6.92 Å². The molecule has 0 bridgehead atoms. The Morgan fingerprint density at radius 2 is 2.18 bits per heavy atom. The van der Waals surface area contributed by atoms with E-state index < -0.39 is 11.7 Å². The zero-order valence-electron chi connectivity index (χ0n) is 9.42. The maximum absolute atomic E-state index is 12.8. The number of benzene rings is 1. The predicted molar refractivity (Wildman–Crippen MR) is 57.8 cm³/mol. The van der Waals surface area contributed by atoms with Gasteiger partial charge in [-0.05, 0) is 25.5 Å². The lowest BCUT2D eigenvalue weighted by Crippen LogP contribution is -2.25. The first kappa shape index (κ1) is 12.2. The van der Waals surface area contributed by atoms with Crippen molar-refractivity contribution >= 4 is 0 Å². The zero-order valence-corrected chi connectivity index (χ0v) is 9.42. The molecule has 2 unspecified atom stereocenters. The fraction of sp³-hybridized carbons (Fsp3) is 0.500. The number of nitrogens with two attached hydrogens (primary N) is 1. The second kappa shape index (κ2) is 4.22. The first-order valence-electron chi connectivity index (χ1n) is 5.49. The van der Waals surface area contributed by atoms with Crippen molar-refractivity contribution in [2.45, 2.75) is 38.1 Å². The molecule has 1 aromatic carbocycles. The Bertz CT molecular complexity index is 415. The van der Waals surface area contributed by atoms with Crippen molar-refractivity contribution in [2.24, 2.45) is 5.73 Å². The monoisotopic (exact) mass is 245 g/mol. The lowest BCUT2D eigenvalue weighted by molar-refractivity contribution is -0.138. The van der Waals surface area contributed by atoms with Gasteiger partial charge in [-0.2, -0.15) is 13.2 Å². The molecule has 2 atom stereocenters. The molecule has 1 heterocycles. The highest BCUT2D eigenvalue weighted by molar-refractivity contribution is 5.45. The molecular formula is C12H14F3NO. The molecule has 0 aliphatic carbocycles. The number of alkyl halides is 3. The molecule has 17 heavy (non-hydrogen) atoms. The Kier molecular flexibility index (Phi) is 3.03. The van der Waals surface area contributed by atoms with Crippen molar-refractivity contribution in [1.29, 1.82) is 0 Å². The van der Waals surface area contributed by atoms with E-state index in [0.29, 0.717) is 12.2 Å². The molecule has 0 aromatic heterocycles. The van der Waals surface area contributed by atoms with Crippen molar-refractivity contribution in [2.75, 3.05) is 0 Å². The maximum Gasteiger partial charge on any atom is 0.416 e. The normalized spacial score (nSPS) is 20.9. The number of rotatable bonds is 2. The van der Waals surface area contributed by atoms with Crippen LogP contribution in [0.25, 0.3) is 0 Å². The summed E-state index contributed by atoms with van der Waals surface area (Å²) in [6, 6.07) is 3.96. The molecular weight excluding hydrogens is 231 g/mol. The number of hydrogen-bond donors (Lipinski definition) is 1. The lowest BCUT2D eigenvalue weighted by Gasteiger charge is -2.12. The Hall–Kier alpha value is -1.23. The summed E-state index contributed by atoms with van der Waals surface area (Å²) in [5.74, 6) is 0.338. The number of ether oxygens (including phenoxy) is 1. The molecule has 0 amide bonds. The minimum atomic E-state index is -4.32. The van der Waals surface area contributed by atoms with Gasteiger partial charge in [0.05, 0.1) is 5.56 Å². The summed E-state index contributed by atoms with van der Waals surface area (Å²) in [6.07, 6.45) is -3.72. The Morgan fingerprint density at radius 3 is 2.76 bits per heavy atom. The molecule has 1 aromatic rings. The minimum Gasteiger partial charge on any atom is -0.490 e. The first-order chi connectivity index (χ1) is 7.88. The Balaban J connectivity index is 2.26.